The van der Waals surface area contributed by atoms with Gasteiger partial charge in [0.1, 0.15) is 0 Å². The Morgan fingerprint density at radius 3 is 2.52 bits per heavy atom. The van der Waals surface area contributed by atoms with Crippen molar-refractivity contribution >= 4 is 11.6 Å². The van der Waals surface area contributed by atoms with Crippen molar-refractivity contribution in [3.63, 3.8) is 0 Å². The molecule has 120 valence electrons. The molecule has 3 N–H and O–H groups in total. The van der Waals surface area contributed by atoms with Gasteiger partial charge in [-0.2, -0.15) is 0 Å². The van der Waals surface area contributed by atoms with E-state index in [1.165, 1.54) is 11.1 Å². The Morgan fingerprint density at radius 1 is 1.13 bits per heavy atom. The summed E-state index contributed by atoms with van der Waals surface area (Å²) in [4.78, 5) is 12.3. The van der Waals surface area contributed by atoms with Crippen LogP contribution in [0.5, 0.6) is 0 Å². The van der Waals surface area contributed by atoms with Crippen LogP contribution in [-0.2, 0) is 17.6 Å². The minimum Gasteiger partial charge on any atom is -0.324 e. The quantitative estimate of drug-likeness (QED) is 0.912. The lowest BCUT2D eigenvalue weighted by atomic mass is 9.87. The van der Waals surface area contributed by atoms with E-state index < -0.39 is 6.04 Å². The van der Waals surface area contributed by atoms with Crippen LogP contribution in [0.1, 0.15) is 36.5 Å². The predicted octanol–water partition coefficient (Wildman–Crippen LogP) is 3.49. The summed E-state index contributed by atoms with van der Waals surface area (Å²) < 4.78 is 0. The molecule has 0 radical (unpaired) electrons. The number of nitrogens with one attached hydrogen (secondary N) is 1. The van der Waals surface area contributed by atoms with E-state index >= 15 is 0 Å². The van der Waals surface area contributed by atoms with Gasteiger partial charge in [0, 0.05) is 5.69 Å². The van der Waals surface area contributed by atoms with Crippen molar-refractivity contribution < 1.29 is 4.79 Å². The molecule has 2 unspecified atom stereocenters. The van der Waals surface area contributed by atoms with Crippen molar-refractivity contribution in [1.29, 1.82) is 0 Å². The van der Waals surface area contributed by atoms with Gasteiger partial charge in [-0.25, -0.2) is 0 Å². The summed E-state index contributed by atoms with van der Waals surface area (Å²) >= 11 is 0. The summed E-state index contributed by atoms with van der Waals surface area (Å²) in [5.41, 5.74) is 10.8. The van der Waals surface area contributed by atoms with E-state index in [0.29, 0.717) is 5.92 Å². The third kappa shape index (κ3) is 3.45. The first-order chi connectivity index (χ1) is 11.0. The molecule has 23 heavy (non-hydrogen) atoms. The first-order valence-corrected chi connectivity index (χ1v) is 8.28. The van der Waals surface area contributed by atoms with Crippen molar-refractivity contribution in [3.05, 3.63) is 65.2 Å². The number of anilines is 1. The Kier molecular flexibility index (Phi) is 4.49. The Balaban J connectivity index is 1.82. The number of hydrogen-bond donors (Lipinski definition) is 2. The molecule has 3 rings (SSSR count). The van der Waals surface area contributed by atoms with E-state index in [2.05, 4.69) is 49.5 Å². The van der Waals surface area contributed by atoms with Gasteiger partial charge in [0.2, 0.25) is 5.91 Å². The number of fused-ring (bicyclic) bond motifs is 1. The molecule has 2 aromatic carbocycles. The topological polar surface area (TPSA) is 55.1 Å². The van der Waals surface area contributed by atoms with Crippen LogP contribution < -0.4 is 11.1 Å². The van der Waals surface area contributed by atoms with E-state index in [-0.39, 0.29) is 11.8 Å². The molecule has 1 amide bonds. The summed E-state index contributed by atoms with van der Waals surface area (Å²) in [5, 5.41) is 2.95. The largest absolute Gasteiger partial charge is 0.324 e. The average molecular weight is 308 g/mol. The Morgan fingerprint density at radius 2 is 1.83 bits per heavy atom. The van der Waals surface area contributed by atoms with E-state index in [9.17, 15) is 4.79 Å². The zero-order valence-corrected chi connectivity index (χ0v) is 13.8. The molecule has 0 fully saturated rings. The second-order valence-electron chi connectivity index (χ2n) is 6.74. The summed E-state index contributed by atoms with van der Waals surface area (Å²) in [6.45, 7) is 4.38. The van der Waals surface area contributed by atoms with Gasteiger partial charge in [-0.15, -0.1) is 0 Å². The molecule has 3 nitrogen and oxygen atoms in total. The molecule has 0 saturated heterocycles. The fourth-order valence-electron chi connectivity index (χ4n) is 3.20. The highest BCUT2D eigenvalue weighted by molar-refractivity contribution is 5.96. The summed E-state index contributed by atoms with van der Waals surface area (Å²) in [6.07, 6.45) is 1.64. The van der Waals surface area contributed by atoms with Gasteiger partial charge in [0.05, 0.1) is 6.04 Å². The van der Waals surface area contributed by atoms with Crippen LogP contribution in [0.3, 0.4) is 0 Å². The van der Waals surface area contributed by atoms with Crippen molar-refractivity contribution in [2.75, 3.05) is 5.32 Å². The van der Waals surface area contributed by atoms with Gasteiger partial charge >= 0.3 is 0 Å². The number of hydrogen-bond acceptors (Lipinski definition) is 2. The zero-order chi connectivity index (χ0) is 16.4. The van der Waals surface area contributed by atoms with Crippen molar-refractivity contribution in [1.82, 2.24) is 0 Å². The summed E-state index contributed by atoms with van der Waals surface area (Å²) in [6, 6.07) is 16.2. The lowest BCUT2D eigenvalue weighted by Crippen LogP contribution is -2.42. The maximum absolute atomic E-state index is 12.3. The second kappa shape index (κ2) is 6.55. The van der Waals surface area contributed by atoms with E-state index in [1.807, 2.05) is 18.2 Å². The number of benzene rings is 2. The van der Waals surface area contributed by atoms with Crippen LogP contribution in [-0.4, -0.2) is 11.9 Å². The average Bonchev–Trinajstić information content (AvgIpc) is 2.66. The predicted molar refractivity (Wildman–Crippen MR) is 94.5 cm³/mol. The van der Waals surface area contributed by atoms with Gasteiger partial charge in [0.15, 0.2) is 0 Å². The maximum Gasteiger partial charge on any atom is 0.241 e. The number of carbonyl (C=O) groups is 1. The molecule has 3 heteroatoms. The lowest BCUT2D eigenvalue weighted by molar-refractivity contribution is -0.118. The minimum absolute atomic E-state index is 0.0845. The third-order valence-electron chi connectivity index (χ3n) is 4.71. The van der Waals surface area contributed by atoms with Crippen LogP contribution in [0.15, 0.2) is 48.5 Å². The molecule has 0 spiro atoms. The van der Waals surface area contributed by atoms with E-state index in [4.69, 9.17) is 5.73 Å². The van der Waals surface area contributed by atoms with Crippen molar-refractivity contribution in [2.45, 2.75) is 38.6 Å². The van der Waals surface area contributed by atoms with Crippen molar-refractivity contribution in [2.24, 2.45) is 11.7 Å². The Hall–Kier alpha value is -2.13. The normalized spacial score (nSPS) is 20.8. The molecule has 1 heterocycles. The molecule has 0 saturated carbocycles. The summed E-state index contributed by atoms with van der Waals surface area (Å²) in [5.74, 6) is 0.559. The first kappa shape index (κ1) is 15.8. The monoisotopic (exact) mass is 308 g/mol. The van der Waals surface area contributed by atoms with E-state index in [0.717, 1.165) is 24.1 Å². The second-order valence-corrected chi connectivity index (χ2v) is 6.74. The highest BCUT2D eigenvalue weighted by Gasteiger charge is 2.29. The highest BCUT2D eigenvalue weighted by Crippen LogP contribution is 2.27. The zero-order valence-electron chi connectivity index (χ0n) is 13.8. The minimum atomic E-state index is -0.479. The fourth-order valence-corrected chi connectivity index (χ4v) is 3.20. The number of nitrogens with two attached hydrogens (primary N) is 1. The SMILES string of the molecule is CC(C)c1ccc(CC2Cc3ccccc3NC(=O)C2N)cc1. The van der Waals surface area contributed by atoms with Gasteiger partial charge in [0.25, 0.3) is 0 Å². The third-order valence-corrected chi connectivity index (χ3v) is 4.71. The molecule has 2 atom stereocenters. The van der Waals surface area contributed by atoms with Gasteiger partial charge in [-0.3, -0.25) is 4.79 Å². The number of amides is 1. The van der Waals surface area contributed by atoms with Crippen LogP contribution in [0, 0.1) is 5.92 Å². The van der Waals surface area contributed by atoms with Crippen LogP contribution in [0.4, 0.5) is 5.69 Å². The van der Waals surface area contributed by atoms with Crippen LogP contribution in [0.25, 0.3) is 0 Å². The highest BCUT2D eigenvalue weighted by atomic mass is 16.2. The van der Waals surface area contributed by atoms with Gasteiger partial charge < -0.3 is 11.1 Å². The van der Waals surface area contributed by atoms with E-state index in [1.54, 1.807) is 0 Å². The Bertz CT molecular complexity index is 691. The molecule has 1 aliphatic rings. The number of para-hydroxylation sites is 1. The van der Waals surface area contributed by atoms with Crippen molar-refractivity contribution in [3.8, 4) is 0 Å². The lowest BCUT2D eigenvalue weighted by Gasteiger charge is -2.20. The molecule has 0 aliphatic carbocycles. The standard InChI is InChI=1S/C20H24N2O/c1-13(2)15-9-7-14(8-10-15)11-17-12-16-5-3-4-6-18(16)22-20(23)19(17)21/h3-10,13,17,19H,11-12,21H2,1-2H3,(H,22,23). The molecule has 0 aromatic heterocycles. The first-order valence-electron chi connectivity index (χ1n) is 8.28. The maximum atomic E-state index is 12.3. The molecule has 2 aromatic rings. The Labute approximate surface area is 137 Å². The molecule has 1 aliphatic heterocycles. The van der Waals surface area contributed by atoms with Gasteiger partial charge in [-0.05, 0) is 47.4 Å². The van der Waals surface area contributed by atoms with Crippen LogP contribution >= 0.6 is 0 Å². The molecular formula is C20H24N2O. The molecule has 0 bridgehead atoms. The van der Waals surface area contributed by atoms with Crippen LogP contribution in [0.2, 0.25) is 0 Å². The number of rotatable bonds is 3. The molecular weight excluding hydrogens is 284 g/mol. The fraction of sp³-hybridized carbons (Fsp3) is 0.350. The smallest absolute Gasteiger partial charge is 0.241 e. The summed E-state index contributed by atoms with van der Waals surface area (Å²) in [7, 11) is 0. The number of carbonyl (C=O) groups excluding carboxylic acids is 1. The van der Waals surface area contributed by atoms with Gasteiger partial charge in [-0.1, -0.05) is 56.3 Å².